The second kappa shape index (κ2) is 10.8. The minimum absolute atomic E-state index is 0.0741. The summed E-state index contributed by atoms with van der Waals surface area (Å²) in [4.78, 5) is 19.4. The Kier molecular flexibility index (Phi) is 7.46. The zero-order valence-corrected chi connectivity index (χ0v) is 22.2. The SMILES string of the molecule is CC1CN(c2nc(N3CCOCC3)c3ccc(-c4ccc(OCC(C)(C)CO)cc4)nc3n2)CC(C)O1. The number of ether oxygens (including phenoxy) is 3. The van der Waals surface area contributed by atoms with Gasteiger partial charge in [0.1, 0.15) is 11.6 Å². The van der Waals surface area contributed by atoms with Crippen molar-refractivity contribution in [1.82, 2.24) is 15.0 Å². The maximum absolute atomic E-state index is 9.47. The van der Waals surface area contributed by atoms with Crippen LogP contribution < -0.4 is 14.5 Å². The Morgan fingerprint density at radius 1 is 0.946 bits per heavy atom. The number of hydrogen-bond acceptors (Lipinski definition) is 9. The Balaban J connectivity index is 1.47. The summed E-state index contributed by atoms with van der Waals surface area (Å²) >= 11 is 0. The molecule has 9 nitrogen and oxygen atoms in total. The number of nitrogens with zero attached hydrogens (tertiary/aromatic N) is 5. The number of hydrogen-bond donors (Lipinski definition) is 1. The number of aliphatic hydroxyl groups excluding tert-OH is 1. The fraction of sp³-hybridized carbons (Fsp3) is 0.536. The molecule has 2 aliphatic rings. The fourth-order valence-corrected chi connectivity index (χ4v) is 4.69. The van der Waals surface area contributed by atoms with Crippen LogP contribution in [0.3, 0.4) is 0 Å². The van der Waals surface area contributed by atoms with E-state index in [9.17, 15) is 5.11 Å². The smallest absolute Gasteiger partial charge is 0.229 e. The van der Waals surface area contributed by atoms with Crippen molar-refractivity contribution < 1.29 is 19.3 Å². The summed E-state index contributed by atoms with van der Waals surface area (Å²) in [5, 5.41) is 10.4. The van der Waals surface area contributed by atoms with Crippen molar-refractivity contribution in [2.45, 2.75) is 39.9 Å². The molecule has 0 radical (unpaired) electrons. The van der Waals surface area contributed by atoms with Crippen molar-refractivity contribution in [2.24, 2.45) is 5.41 Å². The molecule has 37 heavy (non-hydrogen) atoms. The predicted molar refractivity (Wildman–Crippen MR) is 144 cm³/mol. The fourth-order valence-electron chi connectivity index (χ4n) is 4.69. The first-order valence-corrected chi connectivity index (χ1v) is 13.1. The van der Waals surface area contributed by atoms with Crippen LogP contribution in [0.4, 0.5) is 11.8 Å². The average Bonchev–Trinajstić information content (AvgIpc) is 2.91. The van der Waals surface area contributed by atoms with E-state index in [0.29, 0.717) is 31.4 Å². The molecule has 4 heterocycles. The molecule has 2 unspecified atom stereocenters. The van der Waals surface area contributed by atoms with Gasteiger partial charge in [-0.05, 0) is 50.2 Å². The van der Waals surface area contributed by atoms with Gasteiger partial charge in [-0.1, -0.05) is 13.8 Å². The van der Waals surface area contributed by atoms with Gasteiger partial charge in [-0.25, -0.2) is 4.98 Å². The molecule has 1 N–H and O–H groups in total. The predicted octanol–water partition coefficient (Wildman–Crippen LogP) is 3.54. The molecule has 2 saturated heterocycles. The Bertz CT molecular complexity index is 1200. The van der Waals surface area contributed by atoms with Gasteiger partial charge in [0.05, 0.1) is 49.7 Å². The van der Waals surface area contributed by atoms with Gasteiger partial charge in [-0.3, -0.25) is 0 Å². The summed E-state index contributed by atoms with van der Waals surface area (Å²) in [5.41, 5.74) is 2.22. The van der Waals surface area contributed by atoms with Gasteiger partial charge in [0, 0.05) is 37.2 Å². The molecular weight excluding hydrogens is 470 g/mol. The van der Waals surface area contributed by atoms with Crippen LogP contribution in [0.15, 0.2) is 36.4 Å². The Hall–Kier alpha value is -3.01. The minimum Gasteiger partial charge on any atom is -0.493 e. The van der Waals surface area contributed by atoms with Crippen LogP contribution in [0.2, 0.25) is 0 Å². The van der Waals surface area contributed by atoms with Crippen LogP contribution in [0, 0.1) is 5.41 Å². The van der Waals surface area contributed by atoms with Crippen LogP contribution in [-0.4, -0.2) is 84.9 Å². The van der Waals surface area contributed by atoms with Gasteiger partial charge < -0.3 is 29.1 Å². The first-order chi connectivity index (χ1) is 17.8. The monoisotopic (exact) mass is 507 g/mol. The quantitative estimate of drug-likeness (QED) is 0.515. The van der Waals surface area contributed by atoms with Gasteiger partial charge in [0.2, 0.25) is 5.95 Å². The third-order valence-electron chi connectivity index (χ3n) is 6.75. The molecule has 0 saturated carbocycles. The summed E-state index contributed by atoms with van der Waals surface area (Å²) in [6, 6.07) is 12.0. The van der Waals surface area contributed by atoms with Crippen molar-refractivity contribution in [3.63, 3.8) is 0 Å². The number of rotatable bonds is 7. The summed E-state index contributed by atoms with van der Waals surface area (Å²) in [7, 11) is 0. The molecule has 0 spiro atoms. The number of morpholine rings is 2. The van der Waals surface area contributed by atoms with E-state index in [0.717, 1.165) is 54.4 Å². The molecule has 3 aromatic rings. The summed E-state index contributed by atoms with van der Waals surface area (Å²) < 4.78 is 17.4. The maximum atomic E-state index is 9.47. The molecule has 0 amide bonds. The standard InChI is InChI=1S/C28H37N5O4/c1-19-15-33(16-20(2)37-19)27-30-25-23(26(31-27)32-11-13-35-14-12-32)9-10-24(29-25)21-5-7-22(8-6-21)36-18-28(3,4)17-34/h5-10,19-20,34H,11-18H2,1-4H3. The number of aliphatic hydroxyl groups is 1. The molecule has 9 heteroatoms. The number of aromatic nitrogens is 3. The summed E-state index contributed by atoms with van der Waals surface area (Å²) in [5.74, 6) is 2.36. The van der Waals surface area contributed by atoms with Crippen LogP contribution >= 0.6 is 0 Å². The van der Waals surface area contributed by atoms with Crippen molar-refractivity contribution >= 4 is 22.8 Å². The van der Waals surface area contributed by atoms with E-state index in [2.05, 4.69) is 29.7 Å². The normalized spacial score (nSPS) is 20.9. The van der Waals surface area contributed by atoms with E-state index in [4.69, 9.17) is 29.2 Å². The van der Waals surface area contributed by atoms with Crippen LogP contribution in [-0.2, 0) is 9.47 Å². The van der Waals surface area contributed by atoms with Crippen molar-refractivity contribution in [3.8, 4) is 17.0 Å². The van der Waals surface area contributed by atoms with Gasteiger partial charge in [0.15, 0.2) is 5.65 Å². The van der Waals surface area contributed by atoms with Gasteiger partial charge >= 0.3 is 0 Å². The summed E-state index contributed by atoms with van der Waals surface area (Å²) in [6.07, 6.45) is 0.218. The highest BCUT2D eigenvalue weighted by Gasteiger charge is 2.27. The molecule has 0 bridgehead atoms. The molecule has 198 valence electrons. The van der Waals surface area contributed by atoms with Crippen molar-refractivity contribution in [3.05, 3.63) is 36.4 Å². The highest BCUT2D eigenvalue weighted by atomic mass is 16.5. The van der Waals surface area contributed by atoms with E-state index in [1.165, 1.54) is 0 Å². The first-order valence-electron chi connectivity index (χ1n) is 13.1. The summed E-state index contributed by atoms with van der Waals surface area (Å²) in [6.45, 7) is 13.1. The van der Waals surface area contributed by atoms with Gasteiger partial charge in [-0.15, -0.1) is 0 Å². The lowest BCUT2D eigenvalue weighted by Crippen LogP contribution is -2.46. The zero-order chi connectivity index (χ0) is 26.0. The van der Waals surface area contributed by atoms with Crippen molar-refractivity contribution in [2.75, 3.05) is 62.4 Å². The van der Waals surface area contributed by atoms with E-state index in [-0.39, 0.29) is 24.2 Å². The molecule has 1 aromatic carbocycles. The lowest BCUT2D eigenvalue weighted by Gasteiger charge is -2.36. The molecule has 0 aliphatic carbocycles. The van der Waals surface area contributed by atoms with Gasteiger partial charge in [-0.2, -0.15) is 9.97 Å². The lowest BCUT2D eigenvalue weighted by atomic mass is 9.96. The second-order valence-electron chi connectivity index (χ2n) is 10.8. The van der Waals surface area contributed by atoms with E-state index in [1.54, 1.807) is 0 Å². The highest BCUT2D eigenvalue weighted by Crippen LogP contribution is 2.30. The van der Waals surface area contributed by atoms with E-state index < -0.39 is 0 Å². The van der Waals surface area contributed by atoms with Crippen LogP contribution in [0.5, 0.6) is 5.75 Å². The zero-order valence-electron chi connectivity index (χ0n) is 22.2. The van der Waals surface area contributed by atoms with Crippen molar-refractivity contribution in [1.29, 1.82) is 0 Å². The topological polar surface area (TPSA) is 93.1 Å². The maximum Gasteiger partial charge on any atom is 0.229 e. The number of fused-ring (bicyclic) bond motifs is 1. The largest absolute Gasteiger partial charge is 0.493 e. The van der Waals surface area contributed by atoms with E-state index in [1.807, 2.05) is 44.2 Å². The van der Waals surface area contributed by atoms with E-state index >= 15 is 0 Å². The number of pyridine rings is 1. The molecular formula is C28H37N5O4. The highest BCUT2D eigenvalue weighted by molar-refractivity contribution is 5.90. The second-order valence-corrected chi connectivity index (χ2v) is 10.8. The Labute approximate surface area is 218 Å². The van der Waals surface area contributed by atoms with Crippen LogP contribution in [0.1, 0.15) is 27.7 Å². The number of benzene rings is 1. The molecule has 2 aliphatic heterocycles. The molecule has 2 aromatic heterocycles. The molecule has 2 fully saturated rings. The number of anilines is 2. The molecule has 5 rings (SSSR count). The Morgan fingerprint density at radius 2 is 1.65 bits per heavy atom. The minimum atomic E-state index is -0.287. The average molecular weight is 508 g/mol. The van der Waals surface area contributed by atoms with Gasteiger partial charge in [0.25, 0.3) is 0 Å². The Morgan fingerprint density at radius 3 is 2.32 bits per heavy atom. The first kappa shape index (κ1) is 25.6. The molecule has 2 atom stereocenters. The van der Waals surface area contributed by atoms with Crippen LogP contribution in [0.25, 0.3) is 22.3 Å². The third-order valence-corrected chi connectivity index (χ3v) is 6.75. The lowest BCUT2D eigenvalue weighted by molar-refractivity contribution is -0.00570. The third kappa shape index (κ3) is 5.95.